The van der Waals surface area contributed by atoms with Crippen LogP contribution in [0, 0.1) is 15.5 Å². The molecule has 1 heterocycles. The molecular weight excluding hydrogens is 425 g/mol. The fourth-order valence-corrected chi connectivity index (χ4v) is 2.06. The van der Waals surface area contributed by atoms with Gasteiger partial charge in [-0.25, -0.2) is 4.39 Å². The monoisotopic (exact) mass is 433 g/mol. The number of halogens is 2. The number of phenols is 1. The quantitative estimate of drug-likeness (QED) is 0.555. The van der Waals surface area contributed by atoms with Gasteiger partial charge in [-0.2, -0.15) is 12.1 Å². The van der Waals surface area contributed by atoms with E-state index in [4.69, 9.17) is 0 Å². The van der Waals surface area contributed by atoms with Gasteiger partial charge in [0.1, 0.15) is 0 Å². The standard InChI is InChI=1S/C12H8FINO2.Y/c1-15-9(6-5-8(14)12(15)17)11-7(13)3-2-4-10(11)16;/h2-5,16H,1H3;/q-1;. The summed E-state index contributed by atoms with van der Waals surface area (Å²) in [6.07, 6.45) is 0. The Morgan fingerprint density at radius 2 is 2.11 bits per heavy atom. The molecule has 2 aromatic rings. The molecule has 1 radical (unpaired) electrons. The van der Waals surface area contributed by atoms with Crippen LogP contribution in [0.1, 0.15) is 0 Å². The molecule has 18 heavy (non-hydrogen) atoms. The van der Waals surface area contributed by atoms with E-state index in [2.05, 4.69) is 6.07 Å². The van der Waals surface area contributed by atoms with E-state index in [1.54, 1.807) is 0 Å². The number of hydrogen-bond acceptors (Lipinski definition) is 2. The van der Waals surface area contributed by atoms with E-state index in [1.165, 1.54) is 35.9 Å². The zero-order chi connectivity index (χ0) is 12.6. The molecule has 0 aliphatic heterocycles. The van der Waals surface area contributed by atoms with E-state index < -0.39 is 5.82 Å². The molecule has 0 atom stereocenters. The van der Waals surface area contributed by atoms with Crippen LogP contribution in [0.2, 0.25) is 0 Å². The predicted molar refractivity (Wildman–Crippen MR) is 70.3 cm³/mol. The van der Waals surface area contributed by atoms with Crippen LogP contribution < -0.4 is 5.56 Å². The Labute approximate surface area is 142 Å². The van der Waals surface area contributed by atoms with Crippen molar-refractivity contribution in [2.75, 3.05) is 0 Å². The number of nitrogens with zero attached hydrogens (tertiary/aromatic N) is 1. The van der Waals surface area contributed by atoms with Gasteiger partial charge in [0.15, 0.2) is 0 Å². The van der Waals surface area contributed by atoms with E-state index in [9.17, 15) is 14.3 Å². The molecule has 0 amide bonds. The maximum Gasteiger partial charge on any atom is 0.207 e. The first kappa shape index (κ1) is 15.8. The molecule has 0 aliphatic rings. The molecule has 1 aromatic heterocycles. The van der Waals surface area contributed by atoms with Gasteiger partial charge in [-0.1, -0.05) is 11.8 Å². The molecule has 0 unspecified atom stereocenters. The van der Waals surface area contributed by atoms with Crippen LogP contribution in [0.5, 0.6) is 5.75 Å². The number of pyridine rings is 1. The number of phenolic OH excluding ortho intramolecular Hbond substituents is 1. The average molecular weight is 433 g/mol. The minimum atomic E-state index is -0.586. The molecule has 0 aliphatic carbocycles. The molecule has 0 saturated carbocycles. The van der Waals surface area contributed by atoms with Gasteiger partial charge in [0, 0.05) is 39.8 Å². The number of rotatable bonds is 1. The molecule has 2 rings (SSSR count). The summed E-state index contributed by atoms with van der Waals surface area (Å²) in [5, 5.41) is 9.65. The summed E-state index contributed by atoms with van der Waals surface area (Å²) >= 11 is 1.88. The SMILES string of the molecule is Cn1c(-c2c(O)cccc2F)[c-]cc(I)c1=O.[Y]. The Morgan fingerprint density at radius 3 is 2.72 bits per heavy atom. The zero-order valence-corrected chi connectivity index (χ0v) is 14.4. The summed E-state index contributed by atoms with van der Waals surface area (Å²) in [6.45, 7) is 0. The average Bonchev–Trinajstić information content (AvgIpc) is 2.29. The predicted octanol–water partition coefficient (Wildman–Crippen LogP) is 2.30. The van der Waals surface area contributed by atoms with E-state index in [0.29, 0.717) is 3.57 Å². The van der Waals surface area contributed by atoms with Gasteiger partial charge < -0.3 is 9.67 Å². The topological polar surface area (TPSA) is 42.2 Å². The summed E-state index contributed by atoms with van der Waals surface area (Å²) in [5.41, 5.74) is -0.0310. The maximum atomic E-state index is 13.7. The van der Waals surface area contributed by atoms with Crippen molar-refractivity contribution in [1.82, 2.24) is 4.57 Å². The second-order valence-corrected chi connectivity index (χ2v) is 4.65. The summed E-state index contributed by atoms with van der Waals surface area (Å²) in [5.74, 6) is -0.796. The Balaban J connectivity index is 0.00000162. The van der Waals surface area contributed by atoms with Crippen LogP contribution in [0.15, 0.2) is 29.1 Å². The van der Waals surface area contributed by atoms with Gasteiger partial charge in [0.2, 0.25) is 5.56 Å². The summed E-state index contributed by atoms with van der Waals surface area (Å²) in [6, 6.07) is 8.27. The summed E-state index contributed by atoms with van der Waals surface area (Å²) in [7, 11) is 1.52. The van der Waals surface area contributed by atoms with Crippen molar-refractivity contribution in [3.05, 3.63) is 50.1 Å². The molecular formula is C12H8FINO2Y-. The number of aromatic hydroxyl groups is 1. The second-order valence-electron chi connectivity index (χ2n) is 3.48. The van der Waals surface area contributed by atoms with Crippen LogP contribution in [-0.2, 0) is 39.8 Å². The fourth-order valence-electron chi connectivity index (χ4n) is 1.54. The normalized spacial score (nSPS) is 9.94. The third kappa shape index (κ3) is 2.83. The van der Waals surface area contributed by atoms with Crippen molar-refractivity contribution in [3.63, 3.8) is 0 Å². The third-order valence-corrected chi connectivity index (χ3v) is 3.18. The van der Waals surface area contributed by atoms with Crippen LogP contribution >= 0.6 is 22.6 Å². The third-order valence-electron chi connectivity index (χ3n) is 2.41. The van der Waals surface area contributed by atoms with Crippen LogP contribution in [0.25, 0.3) is 11.3 Å². The Morgan fingerprint density at radius 1 is 1.44 bits per heavy atom. The Kier molecular flexibility index (Phi) is 5.49. The molecule has 0 spiro atoms. The first-order chi connectivity index (χ1) is 8.02. The second kappa shape index (κ2) is 6.26. The molecule has 1 N–H and O–H groups in total. The molecule has 0 fully saturated rings. The first-order valence-electron chi connectivity index (χ1n) is 4.77. The minimum Gasteiger partial charge on any atom is -0.520 e. The smallest absolute Gasteiger partial charge is 0.207 e. The molecule has 1 aromatic carbocycles. The van der Waals surface area contributed by atoms with Gasteiger partial charge in [0.05, 0.1) is 11.6 Å². The van der Waals surface area contributed by atoms with Gasteiger partial charge in [-0.3, -0.25) is 4.79 Å². The molecule has 6 heteroatoms. The van der Waals surface area contributed by atoms with Crippen molar-refractivity contribution in [2.24, 2.45) is 7.05 Å². The van der Waals surface area contributed by atoms with E-state index in [1.807, 2.05) is 22.6 Å². The van der Waals surface area contributed by atoms with E-state index >= 15 is 0 Å². The number of aromatic nitrogens is 1. The van der Waals surface area contributed by atoms with Crippen molar-refractivity contribution < 1.29 is 42.2 Å². The Bertz CT molecular complexity index is 622. The van der Waals surface area contributed by atoms with Gasteiger partial charge in [-0.15, -0.1) is 22.6 Å². The van der Waals surface area contributed by atoms with Crippen LogP contribution in [-0.4, -0.2) is 9.67 Å². The zero-order valence-electron chi connectivity index (χ0n) is 9.45. The Hall–Kier alpha value is -0.266. The minimum absolute atomic E-state index is 0. The summed E-state index contributed by atoms with van der Waals surface area (Å²) in [4.78, 5) is 11.7. The molecule has 91 valence electrons. The van der Waals surface area contributed by atoms with Gasteiger partial charge in [-0.05, 0) is 21.3 Å². The number of benzene rings is 1. The largest absolute Gasteiger partial charge is 0.520 e. The fraction of sp³-hybridized carbons (Fsp3) is 0.0833. The number of hydrogen-bond donors (Lipinski definition) is 1. The van der Waals surface area contributed by atoms with Crippen molar-refractivity contribution in [3.8, 4) is 17.0 Å². The van der Waals surface area contributed by atoms with Gasteiger partial charge in [0.25, 0.3) is 0 Å². The van der Waals surface area contributed by atoms with Crippen molar-refractivity contribution in [2.45, 2.75) is 0 Å². The summed E-state index contributed by atoms with van der Waals surface area (Å²) < 4.78 is 15.4. The van der Waals surface area contributed by atoms with E-state index in [0.717, 1.165) is 0 Å². The van der Waals surface area contributed by atoms with Crippen LogP contribution in [0.3, 0.4) is 0 Å². The van der Waals surface area contributed by atoms with Crippen molar-refractivity contribution >= 4 is 22.6 Å². The molecule has 3 nitrogen and oxygen atoms in total. The molecule has 0 saturated heterocycles. The van der Waals surface area contributed by atoms with Crippen molar-refractivity contribution in [1.29, 1.82) is 0 Å². The van der Waals surface area contributed by atoms with Gasteiger partial charge >= 0.3 is 0 Å². The van der Waals surface area contributed by atoms with E-state index in [-0.39, 0.29) is 55.3 Å². The molecule has 0 bridgehead atoms. The van der Waals surface area contributed by atoms with Crippen LogP contribution in [0.4, 0.5) is 4.39 Å². The first-order valence-corrected chi connectivity index (χ1v) is 5.85. The maximum absolute atomic E-state index is 13.7.